The molecule has 2 N–H and O–H groups in total. The fourth-order valence-electron chi connectivity index (χ4n) is 7.22. The van der Waals surface area contributed by atoms with Gasteiger partial charge in [-0.2, -0.15) is 0 Å². The Morgan fingerprint density at radius 2 is 1.83 bits per heavy atom. The molecule has 3 aliphatic rings. The number of rotatable bonds is 8. The van der Waals surface area contributed by atoms with Crippen LogP contribution in [0.3, 0.4) is 0 Å². The molecule has 1 unspecified atom stereocenters. The molecule has 0 bridgehead atoms. The lowest BCUT2D eigenvalue weighted by atomic mass is 9.55. The van der Waals surface area contributed by atoms with Gasteiger partial charge in [-0.3, -0.25) is 9.59 Å². The van der Waals surface area contributed by atoms with E-state index in [1.165, 1.54) is 6.92 Å². The number of ketones is 1. The molecule has 5 nitrogen and oxygen atoms in total. The van der Waals surface area contributed by atoms with Gasteiger partial charge in [-0.1, -0.05) is 53.7 Å². The lowest BCUT2D eigenvalue weighted by molar-refractivity contribution is -0.143. The SMILES string of the molecule is CC(=O)OCC[C@]1(C)[C@@H]([C@H](C)/C=C\C(C)C(C)C)CC[C@H]1C1=C[C@H](O)[C@H]2C[C@@H](O)CC[C@]2(C)C1=O. The molecule has 3 rings (SSSR count). The van der Waals surface area contributed by atoms with Crippen molar-refractivity contribution in [2.45, 2.75) is 99.2 Å². The smallest absolute Gasteiger partial charge is 0.302 e. The van der Waals surface area contributed by atoms with Crippen LogP contribution < -0.4 is 0 Å². The molecule has 9 atom stereocenters. The standard InChI is InChI=1S/C30H48O5/c1-18(2)19(3)8-9-20(4)24-10-11-25(29(24,6)14-15-35-21(5)31)23-17-27(33)26-16-22(32)12-13-30(26,7)28(23)34/h8-9,17-20,22,24-27,32-33H,10-16H2,1-7H3/b9-8-/t19?,20-,22+,24-,25+,26-,27+,29-,30+/m1/s1. The number of aliphatic hydroxyl groups is 2. The Kier molecular flexibility index (Phi) is 8.74. The van der Waals surface area contributed by atoms with Crippen LogP contribution in [0.15, 0.2) is 23.8 Å². The summed E-state index contributed by atoms with van der Waals surface area (Å²) in [6, 6.07) is 0. The molecule has 0 aromatic heterocycles. The molecular formula is C30H48O5. The molecule has 0 aromatic rings. The maximum Gasteiger partial charge on any atom is 0.302 e. The monoisotopic (exact) mass is 488 g/mol. The van der Waals surface area contributed by atoms with E-state index in [9.17, 15) is 19.8 Å². The lowest BCUT2D eigenvalue weighted by Crippen LogP contribution is -2.52. The number of fused-ring (bicyclic) bond motifs is 1. The number of hydrogen-bond acceptors (Lipinski definition) is 5. The van der Waals surface area contributed by atoms with Gasteiger partial charge in [-0.25, -0.2) is 0 Å². The third kappa shape index (κ3) is 5.61. The summed E-state index contributed by atoms with van der Waals surface area (Å²) >= 11 is 0. The molecule has 0 radical (unpaired) electrons. The first-order valence-electron chi connectivity index (χ1n) is 13.8. The van der Waals surface area contributed by atoms with Gasteiger partial charge in [0.15, 0.2) is 5.78 Å². The van der Waals surface area contributed by atoms with Crippen molar-refractivity contribution in [2.24, 2.45) is 46.3 Å². The van der Waals surface area contributed by atoms with E-state index in [0.717, 1.165) is 18.4 Å². The van der Waals surface area contributed by atoms with E-state index in [-0.39, 0.29) is 29.0 Å². The second-order valence-electron chi connectivity index (χ2n) is 12.6. The number of allylic oxidation sites excluding steroid dienone is 3. The van der Waals surface area contributed by atoms with Gasteiger partial charge >= 0.3 is 5.97 Å². The fourth-order valence-corrected chi connectivity index (χ4v) is 7.22. The molecule has 198 valence electrons. The Hall–Kier alpha value is -1.46. The van der Waals surface area contributed by atoms with Gasteiger partial charge < -0.3 is 14.9 Å². The van der Waals surface area contributed by atoms with E-state index in [2.05, 4.69) is 46.8 Å². The minimum absolute atomic E-state index is 0.0215. The number of aliphatic hydroxyl groups excluding tert-OH is 2. The van der Waals surface area contributed by atoms with Crippen LogP contribution in [0, 0.1) is 46.3 Å². The minimum Gasteiger partial charge on any atom is -0.466 e. The molecule has 0 saturated heterocycles. The maximum absolute atomic E-state index is 14.0. The van der Waals surface area contributed by atoms with Crippen molar-refractivity contribution in [3.63, 3.8) is 0 Å². The van der Waals surface area contributed by atoms with Crippen molar-refractivity contribution < 1.29 is 24.5 Å². The lowest BCUT2D eigenvalue weighted by Gasteiger charge is -2.49. The van der Waals surface area contributed by atoms with E-state index in [1.807, 2.05) is 13.0 Å². The Balaban J connectivity index is 1.93. The second-order valence-corrected chi connectivity index (χ2v) is 12.6. The van der Waals surface area contributed by atoms with Gasteiger partial charge in [0.05, 0.1) is 18.8 Å². The van der Waals surface area contributed by atoms with Crippen molar-refractivity contribution >= 4 is 11.8 Å². The first-order valence-corrected chi connectivity index (χ1v) is 13.8. The van der Waals surface area contributed by atoms with Crippen LogP contribution in [0.4, 0.5) is 0 Å². The van der Waals surface area contributed by atoms with Crippen molar-refractivity contribution in [1.29, 1.82) is 0 Å². The molecule has 0 aromatic carbocycles. The summed E-state index contributed by atoms with van der Waals surface area (Å²) in [6.45, 7) is 15.0. The Morgan fingerprint density at radius 1 is 1.14 bits per heavy atom. The zero-order chi connectivity index (χ0) is 26.1. The summed E-state index contributed by atoms with van der Waals surface area (Å²) < 4.78 is 5.39. The number of hydrogen-bond donors (Lipinski definition) is 2. The molecule has 2 saturated carbocycles. The zero-order valence-electron chi connectivity index (χ0n) is 22.9. The van der Waals surface area contributed by atoms with Crippen LogP contribution in [-0.2, 0) is 14.3 Å². The number of carbonyl (C=O) groups is 2. The molecule has 0 aliphatic heterocycles. The Labute approximate surface area is 212 Å². The third-order valence-electron chi connectivity index (χ3n) is 10.0. The number of Topliss-reactive ketones (excluding diaryl/α,β-unsaturated/α-hetero) is 1. The summed E-state index contributed by atoms with van der Waals surface area (Å²) in [4.78, 5) is 25.5. The topological polar surface area (TPSA) is 83.8 Å². The highest BCUT2D eigenvalue weighted by molar-refractivity contribution is 6.01. The van der Waals surface area contributed by atoms with Gasteiger partial charge in [-0.15, -0.1) is 0 Å². The predicted molar refractivity (Wildman–Crippen MR) is 138 cm³/mol. The third-order valence-corrected chi connectivity index (χ3v) is 10.0. The van der Waals surface area contributed by atoms with Gasteiger partial charge in [0.1, 0.15) is 0 Å². The first-order chi connectivity index (χ1) is 16.3. The van der Waals surface area contributed by atoms with Gasteiger partial charge in [0, 0.05) is 18.3 Å². The van der Waals surface area contributed by atoms with E-state index in [4.69, 9.17) is 4.74 Å². The van der Waals surface area contributed by atoms with Crippen LogP contribution in [0.1, 0.15) is 87.0 Å². The van der Waals surface area contributed by atoms with Gasteiger partial charge in [-0.05, 0) is 85.2 Å². The Morgan fingerprint density at radius 3 is 2.46 bits per heavy atom. The van der Waals surface area contributed by atoms with E-state index in [0.29, 0.717) is 56.0 Å². The van der Waals surface area contributed by atoms with Crippen molar-refractivity contribution in [2.75, 3.05) is 6.61 Å². The summed E-state index contributed by atoms with van der Waals surface area (Å²) in [5.74, 6) is 1.43. The van der Waals surface area contributed by atoms with Crippen LogP contribution in [-0.4, -0.2) is 40.8 Å². The molecule has 2 fully saturated rings. The number of carbonyl (C=O) groups excluding carboxylic acids is 2. The summed E-state index contributed by atoms with van der Waals surface area (Å²) in [6.07, 6.45) is 9.58. The van der Waals surface area contributed by atoms with Crippen LogP contribution in [0.2, 0.25) is 0 Å². The van der Waals surface area contributed by atoms with E-state index >= 15 is 0 Å². The minimum atomic E-state index is -0.719. The van der Waals surface area contributed by atoms with Crippen molar-refractivity contribution in [1.82, 2.24) is 0 Å². The van der Waals surface area contributed by atoms with Crippen LogP contribution >= 0.6 is 0 Å². The summed E-state index contributed by atoms with van der Waals surface area (Å²) in [5.41, 5.74) is -0.0819. The van der Waals surface area contributed by atoms with Crippen molar-refractivity contribution in [3.8, 4) is 0 Å². The molecule has 35 heavy (non-hydrogen) atoms. The number of esters is 1. The normalized spacial score (nSPS) is 39.4. The molecule has 3 aliphatic carbocycles. The van der Waals surface area contributed by atoms with Crippen LogP contribution in [0.5, 0.6) is 0 Å². The van der Waals surface area contributed by atoms with Crippen LogP contribution in [0.25, 0.3) is 0 Å². The maximum atomic E-state index is 14.0. The molecule has 5 heteroatoms. The molecule has 0 heterocycles. The molecular weight excluding hydrogens is 440 g/mol. The summed E-state index contributed by atoms with van der Waals surface area (Å²) in [7, 11) is 0. The fraction of sp³-hybridized carbons (Fsp3) is 0.800. The average Bonchev–Trinajstić information content (AvgIpc) is 3.12. The molecule has 0 amide bonds. The second kappa shape index (κ2) is 10.9. The highest BCUT2D eigenvalue weighted by Gasteiger charge is 2.56. The van der Waals surface area contributed by atoms with E-state index < -0.39 is 17.6 Å². The quantitative estimate of drug-likeness (QED) is 0.348. The highest BCUT2D eigenvalue weighted by Crippen LogP contribution is 2.59. The summed E-state index contributed by atoms with van der Waals surface area (Å²) in [5, 5.41) is 21.3. The van der Waals surface area contributed by atoms with Gasteiger partial charge in [0.25, 0.3) is 0 Å². The van der Waals surface area contributed by atoms with Gasteiger partial charge in [0.2, 0.25) is 0 Å². The average molecular weight is 489 g/mol. The molecule has 0 spiro atoms. The largest absolute Gasteiger partial charge is 0.466 e. The van der Waals surface area contributed by atoms with E-state index in [1.54, 1.807) is 0 Å². The Bertz CT molecular complexity index is 844. The van der Waals surface area contributed by atoms with Crippen molar-refractivity contribution in [3.05, 3.63) is 23.8 Å². The zero-order valence-corrected chi connectivity index (χ0v) is 22.9. The first kappa shape index (κ1) is 28.1. The number of ether oxygens (including phenoxy) is 1. The highest BCUT2D eigenvalue weighted by atomic mass is 16.5. The predicted octanol–water partition coefficient (Wildman–Crippen LogP) is 5.49.